The molecule has 51 heavy (non-hydrogen) atoms. The smallest absolute Gasteiger partial charge is 0.462 e. The summed E-state index contributed by atoms with van der Waals surface area (Å²) in [7, 11) is -4.28. The van der Waals surface area contributed by atoms with Crippen molar-refractivity contribution in [2.45, 2.75) is 200 Å². The Balaban J connectivity index is 4.13. The maximum atomic E-state index is 12.5. The topological polar surface area (TPSA) is 108 Å². The highest BCUT2D eigenvalue weighted by Crippen LogP contribution is 2.43. The Labute approximate surface area is 313 Å². The molecule has 1 N–H and O–H groups in total. The highest BCUT2D eigenvalue weighted by atomic mass is 31.2. The van der Waals surface area contributed by atoms with Crippen LogP contribution in [-0.2, 0) is 32.7 Å². The van der Waals surface area contributed by atoms with Gasteiger partial charge in [0.05, 0.1) is 13.2 Å². The van der Waals surface area contributed by atoms with Gasteiger partial charge in [0.2, 0.25) is 0 Å². The normalized spacial score (nSPS) is 13.7. The molecule has 0 aliphatic rings. The van der Waals surface area contributed by atoms with Crippen LogP contribution in [0.2, 0.25) is 0 Å². The summed E-state index contributed by atoms with van der Waals surface area (Å²) in [5.74, 6) is -0.815. The second-order valence-electron chi connectivity index (χ2n) is 13.6. The minimum atomic E-state index is -4.28. The fraction of sp³-hybridized carbons (Fsp3) is 0.810. The molecule has 0 saturated heterocycles. The van der Waals surface area contributed by atoms with E-state index in [2.05, 4.69) is 50.3 Å². The number of allylic oxidation sites excluding steroid dienone is 6. The van der Waals surface area contributed by atoms with E-state index in [0.717, 1.165) is 70.6 Å². The molecule has 8 nitrogen and oxygen atoms in total. The predicted molar refractivity (Wildman–Crippen MR) is 212 cm³/mol. The first kappa shape index (κ1) is 49.3. The molecular weight excluding hydrogens is 663 g/mol. The first-order valence-electron chi connectivity index (χ1n) is 20.8. The van der Waals surface area contributed by atoms with E-state index in [-0.39, 0.29) is 32.0 Å². The highest BCUT2D eigenvalue weighted by Gasteiger charge is 2.25. The Morgan fingerprint density at radius 2 is 0.941 bits per heavy atom. The number of unbranched alkanes of at least 4 members (excludes halogenated alkanes) is 20. The van der Waals surface area contributed by atoms with Crippen molar-refractivity contribution >= 4 is 19.8 Å². The van der Waals surface area contributed by atoms with Gasteiger partial charge in [-0.05, 0) is 77.6 Å². The lowest BCUT2D eigenvalue weighted by Crippen LogP contribution is -2.29. The minimum absolute atomic E-state index is 0.00269. The molecule has 0 amide bonds. The standard InChI is InChI=1S/C42H77O8P/c1-4-7-9-11-13-15-17-19-21-22-23-25-27-29-31-33-35-37-42(44)50-40(39-49-51(45,46)48-6-3)38-47-41(43)36-34-32-30-28-26-24-20-18-16-14-12-10-8-5-2/h13,15,18-21,40H,4-12,14,16-17,22-39H2,1-3H3,(H,45,46)/b15-13-,20-18-,21-19-. The van der Waals surface area contributed by atoms with E-state index >= 15 is 0 Å². The van der Waals surface area contributed by atoms with Crippen LogP contribution in [0.1, 0.15) is 194 Å². The molecule has 298 valence electrons. The molecular formula is C42H77O8P. The van der Waals surface area contributed by atoms with Gasteiger partial charge in [0.25, 0.3) is 0 Å². The van der Waals surface area contributed by atoms with Crippen molar-refractivity contribution < 1.29 is 37.6 Å². The Hall–Kier alpha value is -1.73. The van der Waals surface area contributed by atoms with Gasteiger partial charge in [-0.15, -0.1) is 0 Å². The van der Waals surface area contributed by atoms with Gasteiger partial charge < -0.3 is 14.4 Å². The summed E-state index contributed by atoms with van der Waals surface area (Å²) in [5, 5.41) is 0. The van der Waals surface area contributed by atoms with Gasteiger partial charge in [0, 0.05) is 12.8 Å². The summed E-state index contributed by atoms with van der Waals surface area (Å²) in [5.41, 5.74) is 0. The first-order valence-corrected chi connectivity index (χ1v) is 22.3. The van der Waals surface area contributed by atoms with E-state index < -0.39 is 26.5 Å². The first-order chi connectivity index (χ1) is 24.8. The number of carbonyl (C=O) groups is 2. The largest absolute Gasteiger partial charge is 0.472 e. The fourth-order valence-corrected chi connectivity index (χ4v) is 6.35. The molecule has 0 heterocycles. The van der Waals surface area contributed by atoms with Gasteiger partial charge in [0.1, 0.15) is 6.61 Å². The van der Waals surface area contributed by atoms with Gasteiger partial charge in [0.15, 0.2) is 6.10 Å². The molecule has 0 aliphatic heterocycles. The molecule has 0 spiro atoms. The lowest BCUT2D eigenvalue weighted by Gasteiger charge is -2.19. The summed E-state index contributed by atoms with van der Waals surface area (Å²) in [6, 6.07) is 0. The molecule has 2 atom stereocenters. The zero-order valence-corrected chi connectivity index (χ0v) is 33.9. The zero-order chi connectivity index (χ0) is 37.5. The van der Waals surface area contributed by atoms with Crippen molar-refractivity contribution in [3.63, 3.8) is 0 Å². The minimum Gasteiger partial charge on any atom is -0.462 e. The van der Waals surface area contributed by atoms with Crippen molar-refractivity contribution in [3.8, 4) is 0 Å². The van der Waals surface area contributed by atoms with E-state index in [1.807, 2.05) is 0 Å². The number of rotatable bonds is 38. The molecule has 0 fully saturated rings. The van der Waals surface area contributed by atoms with Gasteiger partial charge >= 0.3 is 19.8 Å². The molecule has 0 rings (SSSR count). The average molecular weight is 741 g/mol. The van der Waals surface area contributed by atoms with E-state index in [9.17, 15) is 19.0 Å². The van der Waals surface area contributed by atoms with Gasteiger partial charge in [-0.25, -0.2) is 4.57 Å². The van der Waals surface area contributed by atoms with Crippen LogP contribution in [0.25, 0.3) is 0 Å². The maximum Gasteiger partial charge on any atom is 0.472 e. The van der Waals surface area contributed by atoms with Crippen LogP contribution in [0.5, 0.6) is 0 Å². The average Bonchev–Trinajstić information content (AvgIpc) is 3.10. The summed E-state index contributed by atoms with van der Waals surface area (Å²) in [4.78, 5) is 34.7. The van der Waals surface area contributed by atoms with Crippen molar-refractivity contribution in [1.82, 2.24) is 0 Å². The van der Waals surface area contributed by atoms with E-state index in [1.165, 1.54) is 83.5 Å². The summed E-state index contributed by atoms with van der Waals surface area (Å²) in [6.45, 7) is 5.42. The number of esters is 2. The number of hydrogen-bond donors (Lipinski definition) is 1. The number of phosphoric acid groups is 1. The molecule has 0 aromatic carbocycles. The third-order valence-corrected chi connectivity index (χ3v) is 9.73. The summed E-state index contributed by atoms with van der Waals surface area (Å²) in [6.07, 6.45) is 41.9. The third-order valence-electron chi connectivity index (χ3n) is 8.67. The number of ether oxygens (including phenoxy) is 2. The third kappa shape index (κ3) is 37.8. The second-order valence-corrected chi connectivity index (χ2v) is 15.1. The van der Waals surface area contributed by atoms with E-state index in [0.29, 0.717) is 6.42 Å². The van der Waals surface area contributed by atoms with Crippen LogP contribution in [0.3, 0.4) is 0 Å². The highest BCUT2D eigenvalue weighted by molar-refractivity contribution is 7.47. The SMILES string of the molecule is CCCCC/C=C\C/C=C\CCCCCCCCCC(=O)OC(COC(=O)CCCCCCC/C=C\CCCCCCC)COP(=O)(O)OCC. The Morgan fingerprint density at radius 3 is 1.45 bits per heavy atom. The lowest BCUT2D eigenvalue weighted by molar-refractivity contribution is -0.161. The quantitative estimate of drug-likeness (QED) is 0.0288. The Morgan fingerprint density at radius 1 is 0.529 bits per heavy atom. The fourth-order valence-electron chi connectivity index (χ4n) is 5.59. The van der Waals surface area contributed by atoms with Crippen LogP contribution < -0.4 is 0 Å². The van der Waals surface area contributed by atoms with Crippen molar-refractivity contribution in [3.05, 3.63) is 36.5 Å². The molecule has 0 saturated carbocycles. The summed E-state index contributed by atoms with van der Waals surface area (Å²) < 4.78 is 32.6. The molecule has 0 aromatic heterocycles. The van der Waals surface area contributed by atoms with Gasteiger partial charge in [-0.3, -0.25) is 18.6 Å². The number of carbonyl (C=O) groups excluding carboxylic acids is 2. The van der Waals surface area contributed by atoms with E-state index in [4.69, 9.17) is 18.5 Å². The van der Waals surface area contributed by atoms with Gasteiger partial charge in [-0.2, -0.15) is 0 Å². The molecule has 0 aliphatic carbocycles. The van der Waals surface area contributed by atoms with Gasteiger partial charge in [-0.1, -0.05) is 140 Å². The van der Waals surface area contributed by atoms with Crippen LogP contribution in [0.4, 0.5) is 0 Å². The maximum absolute atomic E-state index is 12.5. The van der Waals surface area contributed by atoms with Crippen molar-refractivity contribution in [2.75, 3.05) is 19.8 Å². The Bertz CT molecular complexity index is 932. The second kappa shape index (κ2) is 38.0. The zero-order valence-electron chi connectivity index (χ0n) is 33.0. The van der Waals surface area contributed by atoms with Crippen LogP contribution in [0.15, 0.2) is 36.5 Å². The molecule has 2 unspecified atom stereocenters. The number of phosphoric ester groups is 1. The van der Waals surface area contributed by atoms with Crippen molar-refractivity contribution in [1.29, 1.82) is 0 Å². The van der Waals surface area contributed by atoms with Crippen molar-refractivity contribution in [2.24, 2.45) is 0 Å². The monoisotopic (exact) mass is 741 g/mol. The molecule has 9 heteroatoms. The van der Waals surface area contributed by atoms with Crippen LogP contribution in [0, 0.1) is 0 Å². The van der Waals surface area contributed by atoms with E-state index in [1.54, 1.807) is 6.92 Å². The molecule has 0 aromatic rings. The number of hydrogen-bond acceptors (Lipinski definition) is 7. The lowest BCUT2D eigenvalue weighted by atomic mass is 10.1. The van der Waals surface area contributed by atoms with Crippen LogP contribution >= 0.6 is 7.82 Å². The molecule has 0 bridgehead atoms. The molecule has 0 radical (unpaired) electrons. The van der Waals surface area contributed by atoms with Crippen LogP contribution in [-0.4, -0.2) is 42.8 Å². The predicted octanol–water partition coefficient (Wildman–Crippen LogP) is 12.8. The Kier molecular flexibility index (Phi) is 36.7. The summed E-state index contributed by atoms with van der Waals surface area (Å²) >= 11 is 0.